The van der Waals surface area contributed by atoms with Crippen LogP contribution in [0.15, 0.2) is 24.3 Å². The lowest BCUT2D eigenvalue weighted by Gasteiger charge is -2.18. The molecule has 19 heavy (non-hydrogen) atoms. The summed E-state index contributed by atoms with van der Waals surface area (Å²) in [6, 6.07) is 7.71. The van der Waals surface area contributed by atoms with E-state index in [-0.39, 0.29) is 17.7 Å². The smallest absolute Gasteiger partial charge is 0.234 e. The van der Waals surface area contributed by atoms with Crippen LogP contribution in [0, 0.1) is 0 Å². The molecule has 0 spiro atoms. The van der Waals surface area contributed by atoms with Gasteiger partial charge in [-0.1, -0.05) is 23.7 Å². The van der Waals surface area contributed by atoms with E-state index in [2.05, 4.69) is 5.32 Å². The molecule has 0 aromatic heterocycles. The maximum Gasteiger partial charge on any atom is 0.234 e. The Morgan fingerprint density at radius 1 is 1.37 bits per heavy atom. The fourth-order valence-electron chi connectivity index (χ4n) is 1.88. The highest BCUT2D eigenvalue weighted by Gasteiger charge is 2.12. The number of carbonyl (C=O) groups is 1. The van der Waals surface area contributed by atoms with Crippen molar-refractivity contribution in [1.82, 2.24) is 5.32 Å². The molecule has 0 heterocycles. The number of halogens is 2. The fourth-order valence-corrected chi connectivity index (χ4v) is 2.10. The molecule has 0 aliphatic carbocycles. The third-order valence-corrected chi connectivity index (χ3v) is 3.40. The zero-order valence-corrected chi connectivity index (χ0v) is 12.5. The van der Waals surface area contributed by atoms with Gasteiger partial charge in [0.05, 0.1) is 0 Å². The van der Waals surface area contributed by atoms with Crippen molar-refractivity contribution in [3.05, 3.63) is 34.9 Å². The first-order valence-electron chi connectivity index (χ1n) is 6.24. The lowest BCUT2D eigenvalue weighted by molar-refractivity contribution is -0.118. The molecule has 0 bridgehead atoms. The van der Waals surface area contributed by atoms with Crippen LogP contribution in [0.25, 0.3) is 0 Å². The van der Waals surface area contributed by atoms with Gasteiger partial charge in [-0.25, -0.2) is 0 Å². The van der Waals surface area contributed by atoms with Crippen LogP contribution in [0.3, 0.4) is 0 Å². The van der Waals surface area contributed by atoms with Crippen molar-refractivity contribution in [2.75, 3.05) is 26.1 Å². The average Bonchev–Trinajstić information content (AvgIpc) is 2.43. The van der Waals surface area contributed by atoms with Crippen molar-refractivity contribution in [2.24, 2.45) is 0 Å². The molecule has 3 nitrogen and oxygen atoms in total. The van der Waals surface area contributed by atoms with E-state index in [1.165, 1.54) is 0 Å². The van der Waals surface area contributed by atoms with Gasteiger partial charge in [0.15, 0.2) is 0 Å². The number of rotatable bonds is 8. The topological polar surface area (TPSA) is 38.3 Å². The minimum atomic E-state index is -0.146. The van der Waals surface area contributed by atoms with E-state index in [0.717, 1.165) is 18.4 Å². The molecule has 0 saturated carbocycles. The molecule has 1 rings (SSSR count). The van der Waals surface area contributed by atoms with Gasteiger partial charge in [0.2, 0.25) is 5.91 Å². The molecule has 1 unspecified atom stereocenters. The summed E-state index contributed by atoms with van der Waals surface area (Å²) in [6.07, 6.45) is 1.89. The van der Waals surface area contributed by atoms with Gasteiger partial charge in [-0.15, -0.1) is 11.6 Å². The Morgan fingerprint density at radius 2 is 2.05 bits per heavy atom. The fraction of sp³-hybridized carbons (Fsp3) is 0.500. The number of nitrogens with one attached hydrogen (secondary N) is 1. The summed E-state index contributed by atoms with van der Waals surface area (Å²) >= 11 is 11.4. The molecule has 5 heteroatoms. The first-order chi connectivity index (χ1) is 9.17. The van der Waals surface area contributed by atoms with Gasteiger partial charge in [0.1, 0.15) is 5.88 Å². The molecule has 0 fully saturated rings. The van der Waals surface area contributed by atoms with Gasteiger partial charge >= 0.3 is 0 Å². The van der Waals surface area contributed by atoms with Gasteiger partial charge < -0.3 is 10.1 Å². The standard InChI is InChI=1S/C14H19Cl2NO2/c1-19-8-2-3-12(10-17-14(18)9-15)11-4-6-13(16)7-5-11/h4-7,12H,2-3,8-10H2,1H3,(H,17,18). The number of hydrogen-bond donors (Lipinski definition) is 1. The second-order valence-electron chi connectivity index (χ2n) is 4.32. The molecule has 0 aliphatic rings. The van der Waals surface area contributed by atoms with Crippen LogP contribution in [0.2, 0.25) is 5.02 Å². The van der Waals surface area contributed by atoms with Gasteiger partial charge in [-0.05, 0) is 30.5 Å². The highest BCUT2D eigenvalue weighted by atomic mass is 35.5. The summed E-state index contributed by atoms with van der Waals surface area (Å²) in [5, 5.41) is 3.54. The summed E-state index contributed by atoms with van der Waals surface area (Å²) in [7, 11) is 1.69. The normalized spacial score (nSPS) is 12.2. The summed E-state index contributed by atoms with van der Waals surface area (Å²) < 4.78 is 5.06. The van der Waals surface area contributed by atoms with Crippen molar-refractivity contribution in [3.63, 3.8) is 0 Å². The Hall–Kier alpha value is -0.770. The summed E-state index contributed by atoms with van der Waals surface area (Å²) in [6.45, 7) is 1.30. The number of alkyl halides is 1. The van der Waals surface area contributed by atoms with E-state index in [1.807, 2.05) is 24.3 Å². The molecule has 1 aromatic rings. The predicted molar refractivity (Wildman–Crippen MR) is 79.0 cm³/mol. The van der Waals surface area contributed by atoms with Gasteiger partial charge in [0, 0.05) is 31.2 Å². The van der Waals surface area contributed by atoms with Gasteiger partial charge in [-0.2, -0.15) is 0 Å². The quantitative estimate of drug-likeness (QED) is 0.591. The second-order valence-corrected chi connectivity index (χ2v) is 5.02. The van der Waals surface area contributed by atoms with E-state index in [4.69, 9.17) is 27.9 Å². The molecular weight excluding hydrogens is 285 g/mol. The molecule has 1 aromatic carbocycles. The molecule has 106 valence electrons. The summed E-state index contributed by atoms with van der Waals surface area (Å²) in [5.41, 5.74) is 1.16. The number of methoxy groups -OCH3 is 1. The first-order valence-corrected chi connectivity index (χ1v) is 7.15. The molecule has 1 N–H and O–H groups in total. The van der Waals surface area contributed by atoms with Crippen LogP contribution in [0.5, 0.6) is 0 Å². The zero-order valence-electron chi connectivity index (χ0n) is 11.0. The Bertz CT molecular complexity index is 382. The van der Waals surface area contributed by atoms with Crippen molar-refractivity contribution in [1.29, 1.82) is 0 Å². The number of hydrogen-bond acceptors (Lipinski definition) is 2. The minimum absolute atomic E-state index is 0.00852. The number of carbonyl (C=O) groups excluding carboxylic acids is 1. The molecule has 0 aliphatic heterocycles. The Balaban J connectivity index is 2.62. The van der Waals surface area contributed by atoms with Crippen molar-refractivity contribution >= 4 is 29.1 Å². The first kappa shape index (κ1) is 16.3. The lowest BCUT2D eigenvalue weighted by Crippen LogP contribution is -2.29. The highest BCUT2D eigenvalue weighted by molar-refractivity contribution is 6.30. The third-order valence-electron chi connectivity index (χ3n) is 2.91. The van der Waals surface area contributed by atoms with Crippen LogP contribution in [0.1, 0.15) is 24.3 Å². The Morgan fingerprint density at radius 3 is 2.63 bits per heavy atom. The zero-order chi connectivity index (χ0) is 14.1. The predicted octanol–water partition coefficient (Wildman–Crippen LogP) is 3.21. The SMILES string of the molecule is COCCCC(CNC(=O)CCl)c1ccc(Cl)cc1. The summed E-state index contributed by atoms with van der Waals surface area (Å²) in [5.74, 6) is 0.0951. The monoisotopic (exact) mass is 303 g/mol. The second kappa shape index (κ2) is 9.18. The maximum atomic E-state index is 11.2. The van der Waals surface area contributed by atoms with E-state index in [0.29, 0.717) is 18.2 Å². The van der Waals surface area contributed by atoms with Gasteiger partial charge in [-0.3, -0.25) is 4.79 Å². The molecular formula is C14H19Cl2NO2. The highest BCUT2D eigenvalue weighted by Crippen LogP contribution is 2.22. The van der Waals surface area contributed by atoms with Crippen LogP contribution in [-0.2, 0) is 9.53 Å². The third kappa shape index (κ3) is 6.28. The van der Waals surface area contributed by atoms with Crippen molar-refractivity contribution in [3.8, 4) is 0 Å². The largest absolute Gasteiger partial charge is 0.385 e. The molecule has 1 atom stereocenters. The molecule has 1 amide bonds. The maximum absolute atomic E-state index is 11.2. The molecule has 0 saturated heterocycles. The van der Waals surface area contributed by atoms with Crippen molar-refractivity contribution < 1.29 is 9.53 Å². The van der Waals surface area contributed by atoms with Crippen LogP contribution in [-0.4, -0.2) is 32.0 Å². The Labute approximate surface area is 124 Å². The molecule has 0 radical (unpaired) electrons. The van der Waals surface area contributed by atoms with E-state index in [1.54, 1.807) is 7.11 Å². The van der Waals surface area contributed by atoms with Crippen LogP contribution >= 0.6 is 23.2 Å². The average molecular weight is 304 g/mol. The Kier molecular flexibility index (Phi) is 7.87. The number of benzene rings is 1. The minimum Gasteiger partial charge on any atom is -0.385 e. The summed E-state index contributed by atoms with van der Waals surface area (Å²) in [4.78, 5) is 11.2. The van der Waals surface area contributed by atoms with E-state index < -0.39 is 0 Å². The number of amides is 1. The number of ether oxygens (including phenoxy) is 1. The van der Waals surface area contributed by atoms with Crippen LogP contribution in [0.4, 0.5) is 0 Å². The van der Waals surface area contributed by atoms with E-state index >= 15 is 0 Å². The lowest BCUT2D eigenvalue weighted by atomic mass is 9.94. The van der Waals surface area contributed by atoms with E-state index in [9.17, 15) is 4.79 Å². The van der Waals surface area contributed by atoms with Crippen molar-refractivity contribution in [2.45, 2.75) is 18.8 Å². The van der Waals surface area contributed by atoms with Gasteiger partial charge in [0.25, 0.3) is 0 Å². The van der Waals surface area contributed by atoms with Crippen LogP contribution < -0.4 is 5.32 Å².